The Bertz CT molecular complexity index is 439. The summed E-state index contributed by atoms with van der Waals surface area (Å²) in [6.07, 6.45) is 0. The zero-order chi connectivity index (χ0) is 13.2. The lowest BCUT2D eigenvalue weighted by molar-refractivity contribution is -0.123. The summed E-state index contributed by atoms with van der Waals surface area (Å²) in [5.41, 5.74) is 1.05. The smallest absolute Gasteiger partial charge is 0.238 e. The molecule has 4 nitrogen and oxygen atoms in total. The number of nitrogens with one attached hydrogen (secondary N) is 1. The maximum atomic E-state index is 11.9. The molecule has 1 amide bonds. The molecule has 0 fully saturated rings. The van der Waals surface area contributed by atoms with Crippen LogP contribution in [0.15, 0.2) is 6.07 Å². The molecule has 5 heteroatoms. The molecule has 17 heavy (non-hydrogen) atoms. The van der Waals surface area contributed by atoms with Gasteiger partial charge in [0.1, 0.15) is 5.69 Å². The van der Waals surface area contributed by atoms with E-state index < -0.39 is 5.41 Å². The van der Waals surface area contributed by atoms with Crippen LogP contribution in [0.3, 0.4) is 0 Å². The molecular formula is C12H17IN2O2. The molecule has 0 saturated heterocycles. The van der Waals surface area contributed by atoms with E-state index in [0.717, 1.165) is 9.26 Å². The SMILES string of the molecule is COc1nc(C)cc(I)c1NC(=O)C(C)(C)C. The number of hydrogen-bond acceptors (Lipinski definition) is 3. The van der Waals surface area contributed by atoms with E-state index in [9.17, 15) is 4.79 Å². The van der Waals surface area contributed by atoms with Gasteiger partial charge in [-0.25, -0.2) is 4.98 Å². The van der Waals surface area contributed by atoms with Crippen molar-refractivity contribution >= 4 is 34.2 Å². The fourth-order valence-corrected chi connectivity index (χ4v) is 1.98. The van der Waals surface area contributed by atoms with Gasteiger partial charge in [-0.1, -0.05) is 20.8 Å². The molecule has 0 spiro atoms. The zero-order valence-electron chi connectivity index (χ0n) is 10.7. The third-order valence-electron chi connectivity index (χ3n) is 2.18. The lowest BCUT2D eigenvalue weighted by Gasteiger charge is -2.19. The number of halogens is 1. The van der Waals surface area contributed by atoms with Crippen molar-refractivity contribution < 1.29 is 9.53 Å². The topological polar surface area (TPSA) is 51.2 Å². The Morgan fingerprint density at radius 1 is 1.47 bits per heavy atom. The van der Waals surface area contributed by atoms with Crippen LogP contribution < -0.4 is 10.1 Å². The van der Waals surface area contributed by atoms with Crippen molar-refractivity contribution in [3.63, 3.8) is 0 Å². The number of amides is 1. The number of rotatable bonds is 2. The number of carbonyl (C=O) groups excluding carboxylic acids is 1. The summed E-state index contributed by atoms with van der Waals surface area (Å²) in [6, 6.07) is 1.90. The number of aryl methyl sites for hydroxylation is 1. The normalized spacial score (nSPS) is 11.2. The van der Waals surface area contributed by atoms with Crippen molar-refractivity contribution in [3.8, 4) is 5.88 Å². The van der Waals surface area contributed by atoms with Crippen molar-refractivity contribution in [2.24, 2.45) is 5.41 Å². The molecule has 1 heterocycles. The van der Waals surface area contributed by atoms with Crippen molar-refractivity contribution in [2.75, 3.05) is 12.4 Å². The quantitative estimate of drug-likeness (QED) is 0.836. The molecule has 94 valence electrons. The predicted molar refractivity (Wildman–Crippen MR) is 76.3 cm³/mol. The highest BCUT2D eigenvalue weighted by atomic mass is 127. The van der Waals surface area contributed by atoms with Crippen molar-refractivity contribution in [1.82, 2.24) is 4.98 Å². The fourth-order valence-electron chi connectivity index (χ4n) is 1.17. The maximum Gasteiger partial charge on any atom is 0.238 e. The highest BCUT2D eigenvalue weighted by molar-refractivity contribution is 14.1. The number of carbonyl (C=O) groups is 1. The Kier molecular flexibility index (Phi) is 4.35. The maximum absolute atomic E-state index is 11.9. The first kappa shape index (κ1) is 14.2. The Balaban J connectivity index is 3.10. The van der Waals surface area contributed by atoms with E-state index in [4.69, 9.17) is 4.74 Å². The summed E-state index contributed by atoms with van der Waals surface area (Å²) in [6.45, 7) is 7.48. The lowest BCUT2D eigenvalue weighted by Crippen LogP contribution is -2.28. The first-order valence-corrected chi connectivity index (χ1v) is 6.36. The van der Waals surface area contributed by atoms with Gasteiger partial charge in [0.05, 0.1) is 7.11 Å². The predicted octanol–water partition coefficient (Wildman–Crippen LogP) is 2.99. The second-order valence-corrected chi connectivity index (χ2v) is 6.00. The van der Waals surface area contributed by atoms with Gasteiger partial charge in [0.25, 0.3) is 0 Å². The molecule has 0 saturated carbocycles. The van der Waals surface area contributed by atoms with Gasteiger partial charge < -0.3 is 10.1 Å². The number of methoxy groups -OCH3 is 1. The molecule has 1 rings (SSSR count). The van der Waals surface area contributed by atoms with Gasteiger partial charge in [-0.2, -0.15) is 0 Å². The van der Waals surface area contributed by atoms with Crippen LogP contribution in [0.2, 0.25) is 0 Å². The highest BCUT2D eigenvalue weighted by Gasteiger charge is 2.23. The second kappa shape index (κ2) is 5.20. The highest BCUT2D eigenvalue weighted by Crippen LogP contribution is 2.30. The van der Waals surface area contributed by atoms with E-state index in [1.54, 1.807) is 7.11 Å². The summed E-state index contributed by atoms with van der Waals surface area (Å²) in [4.78, 5) is 16.2. The third-order valence-corrected chi connectivity index (χ3v) is 3.03. The van der Waals surface area contributed by atoms with E-state index in [-0.39, 0.29) is 5.91 Å². The Hall–Kier alpha value is -0.850. The summed E-state index contributed by atoms with van der Waals surface area (Å²) in [7, 11) is 1.55. The van der Waals surface area contributed by atoms with Gasteiger partial charge in [-0.15, -0.1) is 0 Å². The van der Waals surface area contributed by atoms with Crippen molar-refractivity contribution in [1.29, 1.82) is 0 Å². The van der Waals surface area contributed by atoms with Crippen LogP contribution in [-0.4, -0.2) is 18.0 Å². The first-order valence-electron chi connectivity index (χ1n) is 5.28. The average Bonchev–Trinajstić information content (AvgIpc) is 2.19. The van der Waals surface area contributed by atoms with Gasteiger partial charge >= 0.3 is 0 Å². The molecule has 0 atom stereocenters. The third kappa shape index (κ3) is 3.55. The molecule has 0 aliphatic rings. The van der Waals surface area contributed by atoms with Crippen LogP contribution in [0.4, 0.5) is 5.69 Å². The minimum absolute atomic E-state index is 0.0561. The van der Waals surface area contributed by atoms with Crippen molar-refractivity contribution in [3.05, 3.63) is 15.3 Å². The van der Waals surface area contributed by atoms with Crippen LogP contribution in [-0.2, 0) is 4.79 Å². The fraction of sp³-hybridized carbons (Fsp3) is 0.500. The van der Waals surface area contributed by atoms with Gasteiger partial charge in [-0.05, 0) is 35.6 Å². The molecular weight excluding hydrogens is 331 g/mol. The number of anilines is 1. The van der Waals surface area contributed by atoms with E-state index in [1.807, 2.05) is 33.8 Å². The lowest BCUT2D eigenvalue weighted by atomic mass is 9.95. The van der Waals surface area contributed by atoms with E-state index in [2.05, 4.69) is 32.9 Å². The molecule has 1 aromatic rings. The van der Waals surface area contributed by atoms with Crippen LogP contribution >= 0.6 is 22.6 Å². The largest absolute Gasteiger partial charge is 0.479 e. The van der Waals surface area contributed by atoms with Gasteiger partial charge in [-0.3, -0.25) is 4.79 Å². The molecule has 0 radical (unpaired) electrons. The number of nitrogens with zero attached hydrogens (tertiary/aromatic N) is 1. The number of pyridine rings is 1. The van der Waals surface area contributed by atoms with E-state index in [1.165, 1.54) is 0 Å². The first-order chi connectivity index (χ1) is 7.75. The average molecular weight is 348 g/mol. The molecule has 0 aromatic carbocycles. The minimum Gasteiger partial charge on any atom is -0.479 e. The van der Waals surface area contributed by atoms with E-state index in [0.29, 0.717) is 11.6 Å². The van der Waals surface area contributed by atoms with Crippen LogP contribution in [0.25, 0.3) is 0 Å². The van der Waals surface area contributed by atoms with Gasteiger partial charge in [0.2, 0.25) is 11.8 Å². The summed E-state index contributed by atoms with van der Waals surface area (Å²) >= 11 is 2.16. The Morgan fingerprint density at radius 2 is 2.06 bits per heavy atom. The summed E-state index contributed by atoms with van der Waals surface area (Å²) in [5, 5.41) is 2.86. The Labute approximate surface area is 115 Å². The second-order valence-electron chi connectivity index (χ2n) is 4.83. The van der Waals surface area contributed by atoms with Crippen LogP contribution in [0.5, 0.6) is 5.88 Å². The van der Waals surface area contributed by atoms with Crippen LogP contribution in [0.1, 0.15) is 26.5 Å². The number of aromatic nitrogens is 1. The summed E-state index contributed by atoms with van der Waals surface area (Å²) < 4.78 is 6.11. The molecule has 1 N–H and O–H groups in total. The van der Waals surface area contributed by atoms with Crippen molar-refractivity contribution in [2.45, 2.75) is 27.7 Å². The molecule has 0 unspecified atom stereocenters. The molecule has 1 aromatic heterocycles. The van der Waals surface area contributed by atoms with Gasteiger partial charge in [0.15, 0.2) is 0 Å². The Morgan fingerprint density at radius 3 is 2.53 bits per heavy atom. The number of hydrogen-bond donors (Lipinski definition) is 1. The summed E-state index contributed by atoms with van der Waals surface area (Å²) in [5.74, 6) is 0.395. The number of ether oxygens (including phenoxy) is 1. The van der Waals surface area contributed by atoms with Crippen LogP contribution in [0, 0.1) is 15.9 Å². The standard InChI is InChI=1S/C12H17IN2O2/c1-7-6-8(13)9(10(14-7)17-5)15-11(16)12(2,3)4/h6H,1-5H3,(H,15,16). The van der Waals surface area contributed by atoms with Gasteiger partial charge in [0, 0.05) is 14.7 Å². The monoisotopic (exact) mass is 348 g/mol. The minimum atomic E-state index is -0.445. The molecule has 0 aliphatic carbocycles. The molecule has 0 bridgehead atoms. The molecule has 0 aliphatic heterocycles. The van der Waals surface area contributed by atoms with E-state index >= 15 is 0 Å². The zero-order valence-corrected chi connectivity index (χ0v) is 12.9.